The van der Waals surface area contributed by atoms with Crippen molar-refractivity contribution in [2.24, 2.45) is 0 Å². The quantitative estimate of drug-likeness (QED) is 0.834. The van der Waals surface area contributed by atoms with Gasteiger partial charge in [0, 0.05) is 17.7 Å². The normalized spacial score (nSPS) is 10.9. The van der Waals surface area contributed by atoms with Gasteiger partial charge >= 0.3 is 0 Å². The molecule has 0 aromatic heterocycles. The fraction of sp³-hybridized carbons (Fsp3) is 0.250. The summed E-state index contributed by atoms with van der Waals surface area (Å²) in [7, 11) is 0. The van der Waals surface area contributed by atoms with E-state index in [1.165, 1.54) is 11.8 Å². The van der Waals surface area contributed by atoms with Crippen LogP contribution >= 0.6 is 23.4 Å². The molecule has 0 amide bonds. The summed E-state index contributed by atoms with van der Waals surface area (Å²) >= 11 is 7.24. The molecule has 0 bridgehead atoms. The molecule has 1 N–H and O–H groups in total. The maximum absolute atomic E-state index is 10.7. The number of carbonyl (C=O) groups excluding carboxylic acids is 1. The summed E-state index contributed by atoms with van der Waals surface area (Å²) < 4.78 is 0. The number of carbonyl (C=O) groups is 1. The van der Waals surface area contributed by atoms with E-state index in [0.29, 0.717) is 5.02 Å². The first-order chi connectivity index (χ1) is 7.59. The summed E-state index contributed by atoms with van der Waals surface area (Å²) in [6.07, 6.45) is 4.59. The van der Waals surface area contributed by atoms with Gasteiger partial charge in [-0.15, -0.1) is 0 Å². The van der Waals surface area contributed by atoms with E-state index in [9.17, 15) is 9.90 Å². The minimum atomic E-state index is 0.129. The maximum atomic E-state index is 10.7. The first-order valence-corrected chi connectivity index (χ1v) is 6.24. The predicted molar refractivity (Wildman–Crippen MR) is 69.9 cm³/mol. The average Bonchev–Trinajstić information content (AvgIpc) is 2.22. The van der Waals surface area contributed by atoms with E-state index in [1.54, 1.807) is 25.1 Å². The van der Waals surface area contributed by atoms with Crippen LogP contribution in [-0.2, 0) is 4.79 Å². The highest BCUT2D eigenvalue weighted by Gasteiger charge is 1.97. The third-order valence-corrected chi connectivity index (χ3v) is 3.06. The lowest BCUT2D eigenvalue weighted by Gasteiger charge is -1.99. The van der Waals surface area contributed by atoms with Crippen molar-refractivity contribution in [3.05, 3.63) is 34.9 Å². The first kappa shape index (κ1) is 13.1. The van der Waals surface area contributed by atoms with Gasteiger partial charge in [-0.25, -0.2) is 0 Å². The molecule has 0 unspecified atom stereocenters. The summed E-state index contributed by atoms with van der Waals surface area (Å²) in [5.41, 5.74) is 0.787. The Balaban J connectivity index is 2.49. The summed E-state index contributed by atoms with van der Waals surface area (Å²) in [6, 6.07) is 4.81. The number of benzene rings is 1. The average molecular weight is 257 g/mol. The zero-order valence-electron chi connectivity index (χ0n) is 8.94. The van der Waals surface area contributed by atoms with Gasteiger partial charge in [0.2, 0.25) is 0 Å². The summed E-state index contributed by atoms with van der Waals surface area (Å²) in [5, 5.41) is 10.0. The lowest BCUT2D eigenvalue weighted by molar-refractivity contribution is -0.109. The first-order valence-electron chi connectivity index (χ1n) is 4.88. The van der Waals surface area contributed by atoms with Crippen molar-refractivity contribution in [3.8, 4) is 5.75 Å². The van der Waals surface area contributed by atoms with Gasteiger partial charge in [-0.3, -0.25) is 4.79 Å². The van der Waals surface area contributed by atoms with Crippen LogP contribution in [0.3, 0.4) is 0 Å². The number of thioether (sulfide) groups is 1. The molecule has 86 valence electrons. The topological polar surface area (TPSA) is 37.3 Å². The summed E-state index contributed by atoms with van der Waals surface area (Å²) in [4.78, 5) is 10.7. The monoisotopic (exact) mass is 256 g/mol. The standard InChI is InChI=1S/C12H13ClO2S/c1-9(14)16-7-3-2-4-10-8-11(15)5-6-12(10)13/h2,4-6,8,15H,3,7H2,1H3. The number of rotatable bonds is 4. The van der Waals surface area contributed by atoms with Gasteiger partial charge in [0.15, 0.2) is 5.12 Å². The van der Waals surface area contributed by atoms with E-state index in [1.807, 2.05) is 12.2 Å². The Morgan fingerprint density at radius 2 is 2.31 bits per heavy atom. The highest BCUT2D eigenvalue weighted by atomic mass is 35.5. The highest BCUT2D eigenvalue weighted by Crippen LogP contribution is 2.22. The Labute approximate surface area is 104 Å². The second-order valence-corrected chi connectivity index (χ2v) is 4.92. The molecule has 0 aliphatic rings. The Bertz CT molecular complexity index is 402. The van der Waals surface area contributed by atoms with Gasteiger partial charge in [-0.1, -0.05) is 35.5 Å². The number of allylic oxidation sites excluding steroid dienone is 1. The molecule has 0 spiro atoms. The third-order valence-electron chi connectivity index (χ3n) is 1.87. The number of hydrogen-bond donors (Lipinski definition) is 1. The number of hydrogen-bond acceptors (Lipinski definition) is 3. The molecule has 16 heavy (non-hydrogen) atoms. The lowest BCUT2D eigenvalue weighted by Crippen LogP contribution is -1.83. The molecule has 1 aromatic rings. The smallest absolute Gasteiger partial charge is 0.185 e. The minimum Gasteiger partial charge on any atom is -0.508 e. The van der Waals surface area contributed by atoms with Gasteiger partial charge < -0.3 is 5.11 Å². The molecular weight excluding hydrogens is 244 g/mol. The van der Waals surface area contributed by atoms with Crippen molar-refractivity contribution in [1.82, 2.24) is 0 Å². The van der Waals surface area contributed by atoms with Crippen LogP contribution in [0, 0.1) is 0 Å². The SMILES string of the molecule is CC(=O)SCCC=Cc1cc(O)ccc1Cl. The molecule has 0 aliphatic heterocycles. The van der Waals surface area contributed by atoms with Crippen LogP contribution in [0.5, 0.6) is 5.75 Å². The number of phenolic OH excluding ortho intramolecular Hbond substituents is 1. The van der Waals surface area contributed by atoms with Gasteiger partial charge in [0.1, 0.15) is 5.75 Å². The van der Waals surface area contributed by atoms with Crippen LogP contribution in [0.1, 0.15) is 18.9 Å². The molecule has 0 saturated heterocycles. The summed E-state index contributed by atoms with van der Waals surface area (Å²) in [6.45, 7) is 1.56. The van der Waals surface area contributed by atoms with Crippen molar-refractivity contribution < 1.29 is 9.90 Å². The highest BCUT2D eigenvalue weighted by molar-refractivity contribution is 8.13. The van der Waals surface area contributed by atoms with Crippen LogP contribution in [0.25, 0.3) is 6.08 Å². The van der Waals surface area contributed by atoms with Crippen molar-refractivity contribution >= 4 is 34.6 Å². The number of phenols is 1. The molecule has 0 radical (unpaired) electrons. The van der Waals surface area contributed by atoms with E-state index in [2.05, 4.69) is 0 Å². The third kappa shape index (κ3) is 4.73. The minimum absolute atomic E-state index is 0.129. The second-order valence-electron chi connectivity index (χ2n) is 3.24. The van der Waals surface area contributed by atoms with Gasteiger partial charge in [-0.2, -0.15) is 0 Å². The van der Waals surface area contributed by atoms with E-state index in [0.717, 1.165) is 17.7 Å². The largest absolute Gasteiger partial charge is 0.508 e. The molecule has 4 heteroatoms. The second kappa shape index (κ2) is 6.61. The Hall–Kier alpha value is -0.930. The molecular formula is C12H13ClO2S. The van der Waals surface area contributed by atoms with E-state index >= 15 is 0 Å². The van der Waals surface area contributed by atoms with Crippen molar-refractivity contribution in [2.75, 3.05) is 5.75 Å². The molecule has 0 atom stereocenters. The molecule has 0 saturated carbocycles. The maximum Gasteiger partial charge on any atom is 0.185 e. The fourth-order valence-corrected chi connectivity index (χ4v) is 1.86. The van der Waals surface area contributed by atoms with E-state index in [-0.39, 0.29) is 10.9 Å². The zero-order valence-corrected chi connectivity index (χ0v) is 10.5. The fourth-order valence-electron chi connectivity index (χ4n) is 1.14. The molecule has 0 heterocycles. The van der Waals surface area contributed by atoms with Gasteiger partial charge in [0.05, 0.1) is 0 Å². The summed E-state index contributed by atoms with van der Waals surface area (Å²) in [5.74, 6) is 0.963. The van der Waals surface area contributed by atoms with Crippen molar-refractivity contribution in [1.29, 1.82) is 0 Å². The van der Waals surface area contributed by atoms with Crippen LogP contribution < -0.4 is 0 Å². The Morgan fingerprint density at radius 3 is 3.00 bits per heavy atom. The predicted octanol–water partition coefficient (Wildman–Crippen LogP) is 3.73. The van der Waals surface area contributed by atoms with Gasteiger partial charge in [-0.05, 0) is 30.2 Å². The zero-order chi connectivity index (χ0) is 12.0. The number of aromatic hydroxyl groups is 1. The van der Waals surface area contributed by atoms with Crippen LogP contribution in [-0.4, -0.2) is 16.0 Å². The van der Waals surface area contributed by atoms with Crippen molar-refractivity contribution in [2.45, 2.75) is 13.3 Å². The van der Waals surface area contributed by atoms with Crippen LogP contribution in [0.2, 0.25) is 5.02 Å². The molecule has 1 aromatic carbocycles. The number of halogens is 1. The van der Waals surface area contributed by atoms with Gasteiger partial charge in [0.25, 0.3) is 0 Å². The molecule has 0 fully saturated rings. The van der Waals surface area contributed by atoms with Crippen LogP contribution in [0.4, 0.5) is 0 Å². The lowest BCUT2D eigenvalue weighted by atomic mass is 10.2. The molecule has 1 rings (SSSR count). The van der Waals surface area contributed by atoms with Crippen molar-refractivity contribution in [3.63, 3.8) is 0 Å². The van der Waals surface area contributed by atoms with E-state index < -0.39 is 0 Å². The Morgan fingerprint density at radius 1 is 1.56 bits per heavy atom. The van der Waals surface area contributed by atoms with Crippen LogP contribution in [0.15, 0.2) is 24.3 Å². The molecule has 0 aliphatic carbocycles. The molecule has 2 nitrogen and oxygen atoms in total. The Kier molecular flexibility index (Phi) is 5.43. The van der Waals surface area contributed by atoms with E-state index in [4.69, 9.17) is 11.6 Å².